The van der Waals surface area contributed by atoms with Gasteiger partial charge in [0.25, 0.3) is 0 Å². The van der Waals surface area contributed by atoms with Gasteiger partial charge in [0.1, 0.15) is 19.3 Å². The Morgan fingerprint density at radius 3 is 0.776 bits per heavy atom. The number of aliphatic hydroxyl groups excluding tert-OH is 1. The summed E-state index contributed by atoms with van der Waals surface area (Å²) >= 11 is 0. The second-order valence-electron chi connectivity index (χ2n) is 29.2. The van der Waals surface area contributed by atoms with Gasteiger partial charge >= 0.3 is 39.5 Å². The van der Waals surface area contributed by atoms with Crippen molar-refractivity contribution in [3.63, 3.8) is 0 Å². The maximum absolute atomic E-state index is 13.1. The number of ether oxygens (including phenoxy) is 4. The van der Waals surface area contributed by atoms with Gasteiger partial charge in [-0.2, -0.15) is 0 Å². The molecule has 0 aromatic carbocycles. The second-order valence-corrected chi connectivity index (χ2v) is 32.1. The van der Waals surface area contributed by atoms with E-state index in [-0.39, 0.29) is 25.7 Å². The van der Waals surface area contributed by atoms with Gasteiger partial charge in [0.2, 0.25) is 0 Å². The molecule has 3 unspecified atom stereocenters. The molecule has 0 fully saturated rings. The standard InChI is InChI=1S/C79H154O17P2/c1-7-10-12-14-16-18-19-20-21-22-23-26-29-32-38-44-50-56-62-77(82)90-68-75(96-78(83)63-57-51-45-39-33-30-27-24-25-28-31-36-41-47-53-59-71(4)5)70-94-98(87,88)92-66-73(80)65-91-97(85,86)93-69-74(67-89-76(81)61-55-49-43-17-15-13-11-8-2)95-79(84)64-58-52-46-40-35-34-37-42-48-54-60-72(6)9-3/h71-75,80H,7-70H2,1-6H3,(H,85,86)(H,87,88)/t72?,73-,74+,75+/m0/s1. The summed E-state index contributed by atoms with van der Waals surface area (Å²) < 4.78 is 68.6. The van der Waals surface area contributed by atoms with Gasteiger partial charge in [0, 0.05) is 25.7 Å². The molecule has 0 bridgehead atoms. The summed E-state index contributed by atoms with van der Waals surface area (Å²) in [4.78, 5) is 72.9. The molecule has 0 heterocycles. The molecule has 0 aliphatic carbocycles. The van der Waals surface area contributed by atoms with Crippen molar-refractivity contribution in [3.05, 3.63) is 0 Å². The minimum atomic E-state index is -4.96. The van der Waals surface area contributed by atoms with Gasteiger partial charge in [0.05, 0.1) is 26.4 Å². The molecule has 0 amide bonds. The largest absolute Gasteiger partial charge is 0.472 e. The topological polar surface area (TPSA) is 237 Å². The summed E-state index contributed by atoms with van der Waals surface area (Å²) in [6.07, 6.45) is 59.6. The number of phosphoric acid groups is 2. The summed E-state index contributed by atoms with van der Waals surface area (Å²) in [5, 5.41) is 10.6. The van der Waals surface area contributed by atoms with Crippen molar-refractivity contribution in [2.45, 2.75) is 432 Å². The van der Waals surface area contributed by atoms with E-state index in [0.29, 0.717) is 25.7 Å². The van der Waals surface area contributed by atoms with Crippen molar-refractivity contribution in [3.8, 4) is 0 Å². The summed E-state index contributed by atoms with van der Waals surface area (Å²) in [6, 6.07) is 0. The summed E-state index contributed by atoms with van der Waals surface area (Å²) in [5.41, 5.74) is 0. The van der Waals surface area contributed by atoms with Crippen molar-refractivity contribution in [2.24, 2.45) is 11.8 Å². The van der Waals surface area contributed by atoms with E-state index >= 15 is 0 Å². The van der Waals surface area contributed by atoms with Crippen LogP contribution in [-0.2, 0) is 65.4 Å². The predicted octanol–water partition coefficient (Wildman–Crippen LogP) is 23.5. The Kier molecular flexibility index (Phi) is 69.3. The Bertz CT molecular complexity index is 1890. The fourth-order valence-corrected chi connectivity index (χ4v) is 13.7. The number of esters is 4. The average Bonchev–Trinajstić information content (AvgIpc) is 0.976. The minimum Gasteiger partial charge on any atom is -0.462 e. The second kappa shape index (κ2) is 70.7. The van der Waals surface area contributed by atoms with Crippen LogP contribution in [0.25, 0.3) is 0 Å². The van der Waals surface area contributed by atoms with Crippen LogP contribution < -0.4 is 0 Å². The Morgan fingerprint density at radius 1 is 0.296 bits per heavy atom. The SMILES string of the molecule is CCCCCCCCCCCCCCCCCCCCC(=O)OC[C@H](COP(=O)(O)OC[C@@H](O)COP(=O)(O)OC[C@@H](COC(=O)CCCCCCCCCC)OC(=O)CCCCCCCCCCCCC(C)CC)OC(=O)CCCCCCCCCCCCCCCCCC(C)C. The number of carbonyl (C=O) groups is 4. The molecule has 98 heavy (non-hydrogen) atoms. The molecule has 0 aliphatic heterocycles. The first-order valence-corrected chi connectivity index (χ1v) is 44.0. The molecule has 0 saturated carbocycles. The molecule has 0 aromatic rings. The first-order chi connectivity index (χ1) is 47.4. The van der Waals surface area contributed by atoms with Crippen LogP contribution in [0.3, 0.4) is 0 Å². The van der Waals surface area contributed by atoms with Gasteiger partial charge in [-0.05, 0) is 37.5 Å². The highest BCUT2D eigenvalue weighted by atomic mass is 31.2. The highest BCUT2D eigenvalue weighted by Gasteiger charge is 2.30. The van der Waals surface area contributed by atoms with Crippen molar-refractivity contribution in [2.75, 3.05) is 39.6 Å². The van der Waals surface area contributed by atoms with Gasteiger partial charge < -0.3 is 33.8 Å². The van der Waals surface area contributed by atoms with Gasteiger partial charge in [-0.3, -0.25) is 37.3 Å². The number of hydrogen-bond donors (Lipinski definition) is 3. The molecular formula is C79H154O17P2. The molecule has 6 atom stereocenters. The van der Waals surface area contributed by atoms with Crippen molar-refractivity contribution in [1.29, 1.82) is 0 Å². The molecule has 0 spiro atoms. The van der Waals surface area contributed by atoms with E-state index < -0.39 is 97.5 Å². The lowest BCUT2D eigenvalue weighted by molar-refractivity contribution is -0.161. The molecule has 17 nitrogen and oxygen atoms in total. The monoisotopic (exact) mass is 1440 g/mol. The third-order valence-corrected chi connectivity index (χ3v) is 20.7. The van der Waals surface area contributed by atoms with Crippen LogP contribution in [0.5, 0.6) is 0 Å². The Hall–Kier alpha value is -1.94. The number of carbonyl (C=O) groups excluding carboxylic acids is 4. The highest BCUT2D eigenvalue weighted by molar-refractivity contribution is 7.47. The third kappa shape index (κ3) is 71.1. The van der Waals surface area contributed by atoms with Crippen LogP contribution >= 0.6 is 15.6 Å². The first-order valence-electron chi connectivity index (χ1n) is 41.0. The zero-order valence-electron chi connectivity index (χ0n) is 64.1. The van der Waals surface area contributed by atoms with E-state index in [1.165, 1.54) is 225 Å². The van der Waals surface area contributed by atoms with Crippen LogP contribution in [0.2, 0.25) is 0 Å². The van der Waals surface area contributed by atoms with E-state index in [1.807, 2.05) is 0 Å². The van der Waals surface area contributed by atoms with Crippen LogP contribution in [-0.4, -0.2) is 96.7 Å². The molecule has 0 rings (SSSR count). The maximum Gasteiger partial charge on any atom is 0.472 e. The lowest BCUT2D eigenvalue weighted by Gasteiger charge is -2.21. The zero-order chi connectivity index (χ0) is 72.1. The lowest BCUT2D eigenvalue weighted by Crippen LogP contribution is -2.30. The fraction of sp³-hybridized carbons (Fsp3) is 0.949. The molecule has 0 saturated heterocycles. The third-order valence-electron chi connectivity index (χ3n) is 18.8. The Balaban J connectivity index is 5.21. The normalized spacial score (nSPS) is 14.2. The molecule has 0 radical (unpaired) electrons. The van der Waals surface area contributed by atoms with Gasteiger partial charge in [-0.25, -0.2) is 9.13 Å². The first kappa shape index (κ1) is 96.1. The van der Waals surface area contributed by atoms with Gasteiger partial charge in [-0.15, -0.1) is 0 Å². The number of unbranched alkanes of at least 4 members (excludes halogenated alkanes) is 47. The number of hydrogen-bond acceptors (Lipinski definition) is 15. The van der Waals surface area contributed by atoms with E-state index in [9.17, 15) is 43.2 Å². The predicted molar refractivity (Wildman–Crippen MR) is 400 cm³/mol. The number of phosphoric ester groups is 2. The number of rotatable bonds is 78. The van der Waals surface area contributed by atoms with Gasteiger partial charge in [-0.1, -0.05) is 363 Å². The number of aliphatic hydroxyl groups is 1. The quantitative estimate of drug-likeness (QED) is 0.0222. The van der Waals surface area contributed by atoms with E-state index in [4.69, 9.17) is 37.0 Å². The minimum absolute atomic E-state index is 0.106. The van der Waals surface area contributed by atoms with E-state index in [1.54, 1.807) is 0 Å². The zero-order valence-corrected chi connectivity index (χ0v) is 65.9. The average molecular weight is 1440 g/mol. The Labute approximate surface area is 600 Å². The maximum atomic E-state index is 13.1. The molecule has 0 aliphatic rings. The smallest absolute Gasteiger partial charge is 0.462 e. The molecule has 3 N–H and O–H groups in total. The molecular weight excluding hydrogens is 1280 g/mol. The molecule has 0 aromatic heterocycles. The molecule has 582 valence electrons. The van der Waals surface area contributed by atoms with Crippen LogP contribution in [0.4, 0.5) is 0 Å². The van der Waals surface area contributed by atoms with Gasteiger partial charge in [0.15, 0.2) is 12.2 Å². The van der Waals surface area contributed by atoms with E-state index in [2.05, 4.69) is 41.5 Å². The van der Waals surface area contributed by atoms with E-state index in [0.717, 1.165) is 108 Å². The van der Waals surface area contributed by atoms with Crippen molar-refractivity contribution < 1.29 is 80.2 Å². The molecule has 19 heteroatoms. The lowest BCUT2D eigenvalue weighted by atomic mass is 9.99. The summed E-state index contributed by atoms with van der Waals surface area (Å²) in [7, 11) is -9.91. The fourth-order valence-electron chi connectivity index (χ4n) is 12.2. The van der Waals surface area contributed by atoms with Crippen molar-refractivity contribution >= 4 is 39.5 Å². The summed E-state index contributed by atoms with van der Waals surface area (Å²) in [5.74, 6) is -0.508. The van der Waals surface area contributed by atoms with Crippen LogP contribution in [0.1, 0.15) is 414 Å². The highest BCUT2D eigenvalue weighted by Crippen LogP contribution is 2.45. The van der Waals surface area contributed by atoms with Crippen molar-refractivity contribution in [1.82, 2.24) is 0 Å². The Morgan fingerprint density at radius 2 is 0.520 bits per heavy atom. The summed E-state index contributed by atoms with van der Waals surface area (Å²) in [6.45, 7) is 9.65. The van der Waals surface area contributed by atoms with Crippen LogP contribution in [0, 0.1) is 11.8 Å². The van der Waals surface area contributed by atoms with Crippen LogP contribution in [0.15, 0.2) is 0 Å².